The molecule has 0 bridgehead atoms. The highest BCUT2D eigenvalue weighted by Crippen LogP contribution is 2.49. The number of sulfone groups is 2. The van der Waals surface area contributed by atoms with Crippen molar-refractivity contribution in [3.63, 3.8) is 0 Å². The second-order valence-corrected chi connectivity index (χ2v) is 26.4. The average Bonchev–Trinajstić information content (AvgIpc) is 4.05. The minimum absolute atomic E-state index is 0.0173. The molecule has 0 unspecified atom stereocenters. The maximum absolute atomic E-state index is 12.1. The number of fused-ring (bicyclic) bond motifs is 10. The number of hydrogen-bond acceptors (Lipinski definition) is 11. The third-order valence-corrected chi connectivity index (χ3v) is 17.9. The Labute approximate surface area is 466 Å². The van der Waals surface area contributed by atoms with Crippen LogP contribution in [0.3, 0.4) is 0 Å². The Hall–Kier alpha value is -8.50. The van der Waals surface area contributed by atoms with Crippen molar-refractivity contribution >= 4 is 42.7 Å². The Bertz CT molecular complexity index is 4020. The molecule has 2 saturated carbocycles. The fourth-order valence-corrected chi connectivity index (χ4v) is 13.4. The first-order valence-corrected chi connectivity index (χ1v) is 31.1. The van der Waals surface area contributed by atoms with Gasteiger partial charge in [0.15, 0.2) is 31.3 Å². The normalized spacial score (nSPS) is 15.2. The molecule has 14 rings (SSSR count). The van der Waals surface area contributed by atoms with E-state index >= 15 is 0 Å². The van der Waals surface area contributed by atoms with Crippen LogP contribution in [0.1, 0.15) is 67.7 Å². The summed E-state index contributed by atoms with van der Waals surface area (Å²) >= 11 is 0. The standard InChI is InChI=1S/C33H30N4O2S.C32H29N5O2S/c1-33(17-7-18-33)25-15-13-23(14-16-25)30-29(24-9-5-8-22(20-24)21-40(2,38)39)36-32-26-10-3-4-11-27(26)35-31-28(37(30)32)12-6-19-34-31;1-40(38,39)20-21-7-4-8-23(19-21)28-29(22-12-14-24(15-13-22)32(33)16-6-17-32)37-27-11-5-18-34-30(27)35-26-10-3-2-9-25(26)31(37)36-28/h3-6,8-16,19-20H,7,17-18,21H2,1-2H3,(H,34,35);2-5,7-15,18-19H,6,16-17,20,33H2,1H3,(H,34,35). The molecule has 80 heavy (non-hydrogen) atoms. The molecule has 2 fully saturated rings. The van der Waals surface area contributed by atoms with Gasteiger partial charge in [-0.25, -0.2) is 36.8 Å². The van der Waals surface area contributed by atoms with Crippen molar-refractivity contribution in [3.8, 4) is 79.2 Å². The van der Waals surface area contributed by atoms with Gasteiger partial charge in [-0.15, -0.1) is 0 Å². The van der Waals surface area contributed by atoms with Crippen LogP contribution in [0.5, 0.6) is 0 Å². The number of pyridine rings is 2. The second kappa shape index (κ2) is 19.7. The first-order chi connectivity index (χ1) is 38.6. The number of aromatic nitrogens is 6. The second-order valence-electron chi connectivity index (χ2n) is 22.1. The lowest BCUT2D eigenvalue weighted by Gasteiger charge is -2.39. The number of nitrogens with one attached hydrogen (secondary N) is 2. The van der Waals surface area contributed by atoms with Crippen LogP contribution in [0.15, 0.2) is 182 Å². The summed E-state index contributed by atoms with van der Waals surface area (Å²) in [5.41, 5.74) is 23.4. The largest absolute Gasteiger partial charge is 0.338 e. The summed E-state index contributed by atoms with van der Waals surface area (Å²) in [5.74, 6) is 3.03. The van der Waals surface area contributed by atoms with E-state index in [1.165, 1.54) is 37.3 Å². The third kappa shape index (κ3) is 9.48. The van der Waals surface area contributed by atoms with Crippen molar-refractivity contribution in [2.45, 2.75) is 67.9 Å². The van der Waals surface area contributed by atoms with Gasteiger partial charge in [-0.05, 0) is 120 Å². The van der Waals surface area contributed by atoms with E-state index in [1.807, 2.05) is 103 Å². The Morgan fingerprint density at radius 2 is 0.938 bits per heavy atom. The topological polar surface area (TPSA) is 180 Å². The van der Waals surface area contributed by atoms with Gasteiger partial charge in [0.1, 0.15) is 11.6 Å². The zero-order valence-corrected chi connectivity index (χ0v) is 46.3. The lowest BCUT2D eigenvalue weighted by Crippen LogP contribution is -2.43. The molecule has 0 radical (unpaired) electrons. The van der Waals surface area contributed by atoms with E-state index in [9.17, 15) is 16.8 Å². The molecular formula is C65H59N9O4S2. The van der Waals surface area contributed by atoms with Crippen LogP contribution in [0.25, 0.3) is 79.2 Å². The molecule has 0 atom stereocenters. The Balaban J connectivity index is 0.000000151. The molecule has 2 aliphatic heterocycles. The lowest BCUT2D eigenvalue weighted by molar-refractivity contribution is 0.253. The van der Waals surface area contributed by atoms with Gasteiger partial charge in [0, 0.05) is 63.8 Å². The molecule has 4 N–H and O–H groups in total. The number of nitrogens with two attached hydrogens (primary N) is 1. The van der Waals surface area contributed by atoms with E-state index < -0.39 is 19.7 Å². The summed E-state index contributed by atoms with van der Waals surface area (Å²) in [6.07, 6.45) is 12.9. The van der Waals surface area contributed by atoms with Gasteiger partial charge < -0.3 is 16.4 Å². The van der Waals surface area contributed by atoms with Crippen molar-refractivity contribution < 1.29 is 16.8 Å². The Kier molecular flexibility index (Phi) is 12.5. The van der Waals surface area contributed by atoms with Crippen LogP contribution < -0.4 is 16.4 Å². The van der Waals surface area contributed by atoms with Gasteiger partial charge in [0.05, 0.1) is 57.0 Å². The minimum Gasteiger partial charge on any atom is -0.338 e. The number of benzene rings is 6. The van der Waals surface area contributed by atoms with Gasteiger partial charge in [-0.2, -0.15) is 0 Å². The van der Waals surface area contributed by atoms with E-state index in [1.54, 1.807) is 12.4 Å². The minimum atomic E-state index is -3.20. The fraction of sp³-hybridized carbons (Fsp3) is 0.200. The fourth-order valence-electron chi connectivity index (χ4n) is 11.8. The molecule has 2 aliphatic carbocycles. The summed E-state index contributed by atoms with van der Waals surface area (Å²) < 4.78 is 52.8. The molecule has 6 heterocycles. The van der Waals surface area contributed by atoms with Crippen LogP contribution in [-0.4, -0.2) is 58.4 Å². The summed E-state index contributed by atoms with van der Waals surface area (Å²) in [7, 11) is -6.38. The van der Waals surface area contributed by atoms with Gasteiger partial charge in [-0.3, -0.25) is 9.13 Å². The number of hydrogen-bond donors (Lipinski definition) is 3. The molecule has 0 spiro atoms. The Morgan fingerprint density at radius 3 is 1.35 bits per heavy atom. The lowest BCUT2D eigenvalue weighted by atomic mass is 9.66. The van der Waals surface area contributed by atoms with Crippen LogP contribution in [-0.2, 0) is 42.1 Å². The number of rotatable bonds is 10. The van der Waals surface area contributed by atoms with E-state index in [0.717, 1.165) is 138 Å². The van der Waals surface area contributed by atoms with E-state index in [0.29, 0.717) is 0 Å². The zero-order valence-electron chi connectivity index (χ0n) is 44.7. The van der Waals surface area contributed by atoms with Crippen molar-refractivity contribution in [1.29, 1.82) is 0 Å². The van der Waals surface area contributed by atoms with E-state index in [4.69, 9.17) is 15.7 Å². The molecule has 6 aromatic carbocycles. The molecule has 13 nitrogen and oxygen atoms in total. The zero-order chi connectivity index (χ0) is 55.0. The SMILES string of the molecule is CC1(c2ccc(-c3c(-c4cccc(CS(C)(=O)=O)c4)nc4n3-c3cccnc3Nc3ccccc3-4)cc2)CCC1.CS(=O)(=O)Cc1cccc(-c2nc3n(c2-c2ccc(C4(N)CCC4)cc2)-c2cccnc2Nc2ccccc2-3)c1. The molecule has 15 heteroatoms. The molecule has 0 amide bonds. The highest BCUT2D eigenvalue weighted by Gasteiger charge is 2.36. The predicted molar refractivity (Wildman–Crippen MR) is 320 cm³/mol. The van der Waals surface area contributed by atoms with Crippen molar-refractivity contribution in [2.75, 3.05) is 23.1 Å². The van der Waals surface area contributed by atoms with Gasteiger partial charge in [0.25, 0.3) is 0 Å². The summed E-state index contributed by atoms with van der Waals surface area (Å²) in [4.78, 5) is 19.9. The summed E-state index contributed by atoms with van der Waals surface area (Å²) in [6, 6.07) is 57.0. The maximum Gasteiger partial charge on any atom is 0.154 e. The van der Waals surface area contributed by atoms with Gasteiger partial charge in [0.2, 0.25) is 0 Å². The van der Waals surface area contributed by atoms with Crippen molar-refractivity contribution in [3.05, 3.63) is 205 Å². The van der Waals surface area contributed by atoms with Gasteiger partial charge >= 0.3 is 0 Å². The molecule has 400 valence electrons. The molecule has 10 aromatic rings. The first-order valence-electron chi connectivity index (χ1n) is 27.0. The number of nitrogens with zero attached hydrogens (tertiary/aromatic N) is 6. The molecule has 4 aromatic heterocycles. The first kappa shape index (κ1) is 51.0. The predicted octanol–water partition coefficient (Wildman–Crippen LogP) is 13.5. The van der Waals surface area contributed by atoms with Gasteiger partial charge in [-0.1, -0.05) is 123 Å². The molecule has 4 aliphatic rings. The van der Waals surface area contributed by atoms with Crippen LogP contribution in [0.2, 0.25) is 0 Å². The number of imidazole rings is 2. The third-order valence-electron chi connectivity index (χ3n) is 16.2. The summed E-state index contributed by atoms with van der Waals surface area (Å²) in [5, 5.41) is 7.01. The monoisotopic (exact) mass is 1090 g/mol. The highest BCUT2D eigenvalue weighted by atomic mass is 32.2. The maximum atomic E-state index is 12.1. The van der Waals surface area contributed by atoms with E-state index in [-0.39, 0.29) is 22.5 Å². The average molecular weight is 1090 g/mol. The van der Waals surface area contributed by atoms with Crippen molar-refractivity contribution in [1.82, 2.24) is 29.1 Å². The number of para-hydroxylation sites is 2. The number of anilines is 4. The summed E-state index contributed by atoms with van der Waals surface area (Å²) in [6.45, 7) is 2.35. The van der Waals surface area contributed by atoms with E-state index in [2.05, 4.69) is 103 Å². The van der Waals surface area contributed by atoms with Crippen molar-refractivity contribution in [2.24, 2.45) is 5.73 Å². The molecular weight excluding hydrogens is 1030 g/mol. The smallest absolute Gasteiger partial charge is 0.154 e. The van der Waals surface area contributed by atoms with Crippen LogP contribution >= 0.6 is 0 Å². The Morgan fingerprint density at radius 1 is 0.500 bits per heavy atom. The highest BCUT2D eigenvalue weighted by molar-refractivity contribution is 7.90. The molecule has 0 saturated heterocycles. The van der Waals surface area contributed by atoms with Crippen LogP contribution in [0, 0.1) is 0 Å². The quantitative estimate of drug-likeness (QED) is 0.119. The van der Waals surface area contributed by atoms with Crippen LogP contribution in [0.4, 0.5) is 23.0 Å².